The highest BCUT2D eigenvalue weighted by molar-refractivity contribution is 5.99. The summed E-state index contributed by atoms with van der Waals surface area (Å²) in [7, 11) is 0. The van der Waals surface area contributed by atoms with Gasteiger partial charge < -0.3 is 9.57 Å². The Morgan fingerprint density at radius 2 is 1.81 bits per heavy atom. The van der Waals surface area contributed by atoms with Crippen molar-refractivity contribution in [3.05, 3.63) is 0 Å². The second-order valence-electron chi connectivity index (χ2n) is 5.18. The fraction of sp³-hybridized carbons (Fsp3) is 0.727. The predicted molar refractivity (Wildman–Crippen MR) is 51.1 cm³/mol. The highest BCUT2D eigenvalue weighted by Crippen LogP contribution is 2.60. The van der Waals surface area contributed by atoms with Crippen LogP contribution in [-0.4, -0.2) is 23.8 Å². The summed E-state index contributed by atoms with van der Waals surface area (Å²) >= 11 is 0. The standard InChI is InChI=1S/C11H11NO4/c1-3-6-4-2-5(9(6)16-12-3)8-7(4)10(13)15-11(8)14/h4-9H,2H2,1H3. The van der Waals surface area contributed by atoms with E-state index >= 15 is 0 Å². The number of hydrogen-bond acceptors (Lipinski definition) is 5. The van der Waals surface area contributed by atoms with Crippen LogP contribution in [0.25, 0.3) is 0 Å². The van der Waals surface area contributed by atoms with Crippen molar-refractivity contribution in [3.63, 3.8) is 0 Å². The van der Waals surface area contributed by atoms with Crippen LogP contribution in [0.2, 0.25) is 0 Å². The van der Waals surface area contributed by atoms with Gasteiger partial charge in [0.1, 0.15) is 6.10 Å². The first kappa shape index (κ1) is 8.73. The smallest absolute Gasteiger partial charge is 0.317 e. The van der Waals surface area contributed by atoms with Gasteiger partial charge in [0.25, 0.3) is 0 Å². The molecule has 2 aliphatic carbocycles. The van der Waals surface area contributed by atoms with Gasteiger partial charge in [-0.15, -0.1) is 0 Å². The molecule has 6 atom stereocenters. The maximum Gasteiger partial charge on any atom is 0.317 e. The fourth-order valence-electron chi connectivity index (χ4n) is 4.13. The topological polar surface area (TPSA) is 65.0 Å². The summed E-state index contributed by atoms with van der Waals surface area (Å²) in [6, 6.07) is 0. The zero-order valence-electron chi connectivity index (χ0n) is 8.75. The number of oxime groups is 1. The van der Waals surface area contributed by atoms with E-state index in [2.05, 4.69) is 5.16 Å². The zero-order valence-corrected chi connectivity index (χ0v) is 8.75. The molecule has 5 heteroatoms. The van der Waals surface area contributed by atoms with E-state index in [0.29, 0.717) is 0 Å². The van der Waals surface area contributed by atoms with Crippen LogP contribution in [0.15, 0.2) is 5.16 Å². The SMILES string of the molecule is CC1=NOC2C3CC(C12)C1C(=O)OC(=O)C31. The lowest BCUT2D eigenvalue weighted by molar-refractivity contribution is -0.155. The minimum absolute atomic E-state index is 0.00435. The first-order chi connectivity index (χ1) is 7.68. The van der Waals surface area contributed by atoms with Gasteiger partial charge in [-0.3, -0.25) is 9.59 Å². The van der Waals surface area contributed by atoms with Crippen LogP contribution < -0.4 is 0 Å². The first-order valence-corrected chi connectivity index (χ1v) is 5.64. The quantitative estimate of drug-likeness (QED) is 0.437. The van der Waals surface area contributed by atoms with Gasteiger partial charge in [0, 0.05) is 11.8 Å². The van der Waals surface area contributed by atoms with Crippen molar-refractivity contribution in [2.24, 2.45) is 34.7 Å². The molecule has 5 nitrogen and oxygen atoms in total. The number of carbonyl (C=O) groups is 2. The summed E-state index contributed by atoms with van der Waals surface area (Å²) in [6.45, 7) is 1.93. The molecule has 4 aliphatic rings. The Morgan fingerprint density at radius 3 is 2.56 bits per heavy atom. The Balaban J connectivity index is 1.79. The van der Waals surface area contributed by atoms with E-state index in [1.807, 2.05) is 6.92 Å². The maximum atomic E-state index is 11.6. The molecule has 0 N–H and O–H groups in total. The Morgan fingerprint density at radius 1 is 1.12 bits per heavy atom. The third kappa shape index (κ3) is 0.750. The highest BCUT2D eigenvalue weighted by atomic mass is 16.6. The number of cyclic esters (lactones) is 2. The van der Waals surface area contributed by atoms with Gasteiger partial charge in [0.2, 0.25) is 0 Å². The van der Waals surface area contributed by atoms with Crippen LogP contribution in [0.5, 0.6) is 0 Å². The normalized spacial score (nSPS) is 52.2. The van der Waals surface area contributed by atoms with Gasteiger partial charge >= 0.3 is 11.9 Å². The molecule has 0 aromatic heterocycles. The van der Waals surface area contributed by atoms with E-state index in [-0.39, 0.29) is 47.6 Å². The van der Waals surface area contributed by atoms with Gasteiger partial charge in [0.15, 0.2) is 0 Å². The summed E-state index contributed by atoms with van der Waals surface area (Å²) in [5.41, 5.74) is 0.961. The van der Waals surface area contributed by atoms with E-state index in [9.17, 15) is 9.59 Å². The van der Waals surface area contributed by atoms with Crippen LogP contribution >= 0.6 is 0 Å². The Hall–Kier alpha value is -1.39. The Bertz CT molecular complexity index is 443. The second-order valence-corrected chi connectivity index (χ2v) is 5.18. The van der Waals surface area contributed by atoms with Gasteiger partial charge in [-0.25, -0.2) is 0 Å². The van der Waals surface area contributed by atoms with Crippen molar-refractivity contribution in [1.29, 1.82) is 0 Å². The van der Waals surface area contributed by atoms with E-state index in [1.54, 1.807) is 0 Å². The monoisotopic (exact) mass is 221 g/mol. The number of ether oxygens (including phenoxy) is 1. The lowest BCUT2D eigenvalue weighted by Gasteiger charge is -2.28. The summed E-state index contributed by atoms with van der Waals surface area (Å²) in [5, 5.41) is 3.99. The molecule has 2 bridgehead atoms. The van der Waals surface area contributed by atoms with Crippen molar-refractivity contribution in [2.75, 3.05) is 0 Å². The van der Waals surface area contributed by atoms with Crippen LogP contribution in [0, 0.1) is 29.6 Å². The van der Waals surface area contributed by atoms with Crippen molar-refractivity contribution in [2.45, 2.75) is 19.4 Å². The molecule has 0 spiro atoms. The minimum Gasteiger partial charge on any atom is -0.393 e. The maximum absolute atomic E-state index is 11.6. The molecular weight excluding hydrogens is 210 g/mol. The number of carbonyl (C=O) groups excluding carboxylic acids is 2. The van der Waals surface area contributed by atoms with Crippen molar-refractivity contribution in [1.82, 2.24) is 0 Å². The van der Waals surface area contributed by atoms with E-state index in [0.717, 1.165) is 12.1 Å². The summed E-state index contributed by atoms with van der Waals surface area (Å²) < 4.78 is 4.74. The summed E-state index contributed by atoms with van der Waals surface area (Å²) in [6.07, 6.45) is 0.906. The molecule has 84 valence electrons. The van der Waals surface area contributed by atoms with Crippen LogP contribution in [-0.2, 0) is 19.2 Å². The van der Waals surface area contributed by atoms with E-state index in [4.69, 9.17) is 9.57 Å². The van der Waals surface area contributed by atoms with E-state index < -0.39 is 0 Å². The number of esters is 2. The predicted octanol–water partition coefficient (Wildman–Crippen LogP) is 0.343. The lowest BCUT2D eigenvalue weighted by Crippen LogP contribution is -2.40. The molecule has 16 heavy (non-hydrogen) atoms. The summed E-state index contributed by atoms with van der Waals surface area (Å²) in [5.74, 6) is -0.629. The Kier molecular flexibility index (Phi) is 1.35. The number of rotatable bonds is 0. The number of fused-ring (bicyclic) bond motifs is 8. The van der Waals surface area contributed by atoms with Crippen molar-refractivity contribution in [3.8, 4) is 0 Å². The first-order valence-electron chi connectivity index (χ1n) is 5.64. The molecular formula is C11H11NO4. The van der Waals surface area contributed by atoms with Crippen LogP contribution in [0.1, 0.15) is 13.3 Å². The average molecular weight is 221 g/mol. The molecule has 2 aliphatic heterocycles. The third-order valence-electron chi connectivity index (χ3n) is 4.64. The lowest BCUT2D eigenvalue weighted by atomic mass is 9.72. The van der Waals surface area contributed by atoms with Gasteiger partial charge in [-0.1, -0.05) is 5.16 Å². The zero-order chi connectivity index (χ0) is 11.0. The molecule has 2 heterocycles. The molecule has 0 radical (unpaired) electrons. The molecule has 6 unspecified atom stereocenters. The van der Waals surface area contributed by atoms with Gasteiger partial charge in [-0.05, 0) is 19.3 Å². The van der Waals surface area contributed by atoms with Crippen molar-refractivity contribution >= 4 is 17.7 Å². The summed E-state index contributed by atoms with van der Waals surface area (Å²) in [4.78, 5) is 28.6. The Labute approximate surface area is 91.8 Å². The van der Waals surface area contributed by atoms with Gasteiger partial charge in [-0.2, -0.15) is 0 Å². The number of nitrogens with zero attached hydrogens (tertiary/aromatic N) is 1. The largest absolute Gasteiger partial charge is 0.393 e. The molecule has 2 saturated carbocycles. The highest BCUT2D eigenvalue weighted by Gasteiger charge is 2.69. The average Bonchev–Trinajstić information content (AvgIpc) is 2.90. The molecule has 0 aromatic carbocycles. The molecule has 3 fully saturated rings. The fourth-order valence-corrected chi connectivity index (χ4v) is 4.13. The van der Waals surface area contributed by atoms with Crippen LogP contribution in [0.4, 0.5) is 0 Å². The molecule has 0 aromatic rings. The second kappa shape index (κ2) is 2.47. The van der Waals surface area contributed by atoms with Crippen molar-refractivity contribution < 1.29 is 19.2 Å². The third-order valence-corrected chi connectivity index (χ3v) is 4.64. The molecule has 0 amide bonds. The molecule has 4 rings (SSSR count). The van der Waals surface area contributed by atoms with Gasteiger partial charge in [0.05, 0.1) is 17.5 Å². The van der Waals surface area contributed by atoms with Crippen LogP contribution in [0.3, 0.4) is 0 Å². The number of hydrogen-bond donors (Lipinski definition) is 0. The minimum atomic E-state index is -0.353. The van der Waals surface area contributed by atoms with E-state index in [1.165, 1.54) is 0 Å². The molecule has 1 saturated heterocycles.